The zero-order valence-electron chi connectivity index (χ0n) is 11.0. The number of nitrogens with zero attached hydrogens (tertiary/aromatic N) is 2. The van der Waals surface area contributed by atoms with Crippen molar-refractivity contribution in [2.24, 2.45) is 0 Å². The number of hydrogen-bond donors (Lipinski definition) is 1. The van der Waals surface area contributed by atoms with Gasteiger partial charge in [0, 0.05) is 17.7 Å². The van der Waals surface area contributed by atoms with Gasteiger partial charge in [0.25, 0.3) is 0 Å². The molecule has 1 aromatic carbocycles. The minimum Gasteiger partial charge on any atom is -0.496 e. The van der Waals surface area contributed by atoms with Crippen LogP contribution in [0.3, 0.4) is 0 Å². The molecule has 2 aromatic rings. The topological polar surface area (TPSA) is 83.3 Å². The van der Waals surface area contributed by atoms with Gasteiger partial charge in [0.2, 0.25) is 0 Å². The maximum atomic E-state index is 11.1. The summed E-state index contributed by atoms with van der Waals surface area (Å²) in [5, 5.41) is 11.1. The third kappa shape index (κ3) is 2.01. The first-order valence-electron chi connectivity index (χ1n) is 5.73. The van der Waals surface area contributed by atoms with Crippen LogP contribution in [-0.2, 0) is 0 Å². The summed E-state index contributed by atoms with van der Waals surface area (Å²) in [6.07, 6.45) is 0. The molecular formula is C13H15N3O3. The molecule has 6 nitrogen and oxygen atoms in total. The normalized spacial score (nSPS) is 10.5. The summed E-state index contributed by atoms with van der Waals surface area (Å²) >= 11 is 0. The molecule has 1 aromatic heterocycles. The summed E-state index contributed by atoms with van der Waals surface area (Å²) in [4.78, 5) is 10.6. The molecule has 19 heavy (non-hydrogen) atoms. The summed E-state index contributed by atoms with van der Waals surface area (Å²) in [5.74, 6) is 0.936. The van der Waals surface area contributed by atoms with Crippen molar-refractivity contribution >= 4 is 11.6 Å². The zero-order valence-corrected chi connectivity index (χ0v) is 11.0. The second kappa shape index (κ2) is 4.64. The Kier molecular flexibility index (Phi) is 3.16. The molecule has 0 amide bonds. The molecule has 2 rings (SSSR count). The lowest BCUT2D eigenvalue weighted by Crippen LogP contribution is -2.08. The van der Waals surface area contributed by atoms with Crippen LogP contribution in [0.25, 0.3) is 5.69 Å². The van der Waals surface area contributed by atoms with Gasteiger partial charge in [-0.1, -0.05) is 6.07 Å². The van der Waals surface area contributed by atoms with Crippen molar-refractivity contribution in [2.75, 3.05) is 12.8 Å². The molecular weight excluding hydrogens is 246 g/mol. The van der Waals surface area contributed by atoms with E-state index in [-0.39, 0.29) is 5.82 Å². The first-order valence-corrected chi connectivity index (χ1v) is 5.73. The van der Waals surface area contributed by atoms with Crippen molar-refractivity contribution in [1.29, 1.82) is 0 Å². The van der Waals surface area contributed by atoms with Crippen LogP contribution in [0.5, 0.6) is 5.75 Å². The van der Waals surface area contributed by atoms with Gasteiger partial charge in [-0.15, -0.1) is 0 Å². The first-order chi connectivity index (χ1) is 8.97. The fraction of sp³-hybridized carbons (Fsp3) is 0.231. The lowest BCUT2D eigenvalue weighted by molar-refractivity contribution is -0.390. The van der Waals surface area contributed by atoms with Crippen molar-refractivity contribution in [3.63, 3.8) is 0 Å². The average Bonchev–Trinajstić information content (AvgIpc) is 2.72. The van der Waals surface area contributed by atoms with Crippen LogP contribution in [-0.4, -0.2) is 16.6 Å². The number of ether oxygens (including phenoxy) is 1. The molecule has 0 spiro atoms. The van der Waals surface area contributed by atoms with Crippen LogP contribution >= 0.6 is 0 Å². The fourth-order valence-corrected chi connectivity index (χ4v) is 2.21. The lowest BCUT2D eigenvalue weighted by Gasteiger charge is -2.12. The number of anilines is 1. The van der Waals surface area contributed by atoms with Gasteiger partial charge in [-0.25, -0.2) is 0 Å². The predicted molar refractivity (Wildman–Crippen MR) is 72.9 cm³/mol. The fourth-order valence-electron chi connectivity index (χ4n) is 2.21. The average molecular weight is 261 g/mol. The molecule has 0 fully saturated rings. The highest BCUT2D eigenvalue weighted by atomic mass is 16.6. The van der Waals surface area contributed by atoms with E-state index >= 15 is 0 Å². The molecule has 1 heterocycles. The summed E-state index contributed by atoms with van der Waals surface area (Å²) in [6, 6.07) is 6.61. The van der Waals surface area contributed by atoms with Crippen molar-refractivity contribution in [1.82, 2.24) is 4.57 Å². The molecule has 0 atom stereocenters. The Labute approximate surface area is 110 Å². The highest BCUT2D eigenvalue weighted by molar-refractivity contribution is 5.61. The van der Waals surface area contributed by atoms with E-state index in [4.69, 9.17) is 10.5 Å². The molecule has 2 N–H and O–H groups in total. The number of nitro groups is 1. The largest absolute Gasteiger partial charge is 0.496 e. The zero-order chi connectivity index (χ0) is 14.2. The van der Waals surface area contributed by atoms with E-state index in [1.807, 2.05) is 26.0 Å². The van der Waals surface area contributed by atoms with E-state index in [0.717, 1.165) is 11.1 Å². The number of nitrogens with two attached hydrogens (primary N) is 1. The van der Waals surface area contributed by atoms with Crippen LogP contribution < -0.4 is 10.5 Å². The Morgan fingerprint density at radius 3 is 2.53 bits per heavy atom. The number of methoxy groups -OCH3 is 1. The molecule has 0 aliphatic carbocycles. The van der Waals surface area contributed by atoms with Crippen molar-refractivity contribution < 1.29 is 9.66 Å². The highest BCUT2D eigenvalue weighted by Gasteiger charge is 2.23. The van der Waals surface area contributed by atoms with Crippen LogP contribution in [0.15, 0.2) is 24.3 Å². The van der Waals surface area contributed by atoms with E-state index in [2.05, 4.69) is 0 Å². The maximum absolute atomic E-state index is 11.1. The summed E-state index contributed by atoms with van der Waals surface area (Å²) in [5.41, 5.74) is 8.25. The molecule has 0 radical (unpaired) electrons. The SMILES string of the molecule is COc1ccc(C)c(-n2c(N)ccc2[N+](=O)[O-])c1C. The van der Waals surface area contributed by atoms with Crippen molar-refractivity contribution in [2.45, 2.75) is 13.8 Å². The van der Waals surface area contributed by atoms with Gasteiger partial charge in [0.15, 0.2) is 5.82 Å². The Morgan fingerprint density at radius 1 is 1.26 bits per heavy atom. The van der Waals surface area contributed by atoms with Gasteiger partial charge in [0.05, 0.1) is 7.11 Å². The molecule has 0 unspecified atom stereocenters. The third-order valence-corrected chi connectivity index (χ3v) is 3.10. The smallest absolute Gasteiger partial charge is 0.329 e. The molecule has 6 heteroatoms. The quantitative estimate of drug-likeness (QED) is 0.680. The summed E-state index contributed by atoms with van der Waals surface area (Å²) in [7, 11) is 1.56. The Hall–Kier alpha value is -2.50. The second-order valence-corrected chi connectivity index (χ2v) is 4.27. The molecule has 0 bridgehead atoms. The summed E-state index contributed by atoms with van der Waals surface area (Å²) in [6.45, 7) is 3.73. The minimum atomic E-state index is -0.450. The van der Waals surface area contributed by atoms with Gasteiger partial charge in [-0.2, -0.15) is 4.57 Å². The number of nitrogen functional groups attached to an aromatic ring is 1. The van der Waals surface area contributed by atoms with E-state index in [1.165, 1.54) is 16.7 Å². The predicted octanol–water partition coefficient (Wildman–Crippen LogP) is 2.59. The second-order valence-electron chi connectivity index (χ2n) is 4.27. The number of hydrogen-bond acceptors (Lipinski definition) is 4. The molecule has 0 saturated carbocycles. The van der Waals surface area contributed by atoms with Crippen molar-refractivity contribution in [3.8, 4) is 11.4 Å². The van der Waals surface area contributed by atoms with E-state index in [1.54, 1.807) is 7.11 Å². The molecule has 100 valence electrons. The number of rotatable bonds is 3. The Balaban J connectivity index is 2.79. The minimum absolute atomic E-state index is 0.0584. The van der Waals surface area contributed by atoms with Gasteiger partial charge >= 0.3 is 5.82 Å². The van der Waals surface area contributed by atoms with Crippen LogP contribution in [0.4, 0.5) is 11.6 Å². The Morgan fingerprint density at radius 2 is 1.95 bits per heavy atom. The van der Waals surface area contributed by atoms with E-state index in [0.29, 0.717) is 17.3 Å². The lowest BCUT2D eigenvalue weighted by atomic mass is 10.1. The van der Waals surface area contributed by atoms with Crippen molar-refractivity contribution in [3.05, 3.63) is 45.5 Å². The molecule has 0 saturated heterocycles. The van der Waals surface area contributed by atoms with Gasteiger partial charge in [0.1, 0.15) is 11.4 Å². The number of aryl methyl sites for hydroxylation is 1. The first kappa shape index (κ1) is 12.9. The van der Waals surface area contributed by atoms with Gasteiger partial charge in [-0.05, 0) is 30.4 Å². The van der Waals surface area contributed by atoms with E-state index in [9.17, 15) is 10.1 Å². The van der Waals surface area contributed by atoms with Gasteiger partial charge in [-0.3, -0.25) is 0 Å². The van der Waals surface area contributed by atoms with Crippen LogP contribution in [0, 0.1) is 24.0 Å². The molecule has 0 aliphatic rings. The third-order valence-electron chi connectivity index (χ3n) is 3.10. The van der Waals surface area contributed by atoms with Crippen LogP contribution in [0.2, 0.25) is 0 Å². The Bertz CT molecular complexity index is 647. The molecule has 0 aliphatic heterocycles. The number of aromatic nitrogens is 1. The van der Waals surface area contributed by atoms with Crippen LogP contribution in [0.1, 0.15) is 11.1 Å². The standard InChI is InChI=1S/C13H15N3O3/c1-8-4-5-10(19-3)9(2)13(8)15-11(14)6-7-12(15)16(17)18/h4-7H,14H2,1-3H3. The van der Waals surface area contributed by atoms with E-state index < -0.39 is 4.92 Å². The maximum Gasteiger partial charge on any atom is 0.329 e. The summed E-state index contributed by atoms with van der Waals surface area (Å²) < 4.78 is 6.69. The highest BCUT2D eigenvalue weighted by Crippen LogP contribution is 2.33. The van der Waals surface area contributed by atoms with Gasteiger partial charge < -0.3 is 20.6 Å². The monoisotopic (exact) mass is 261 g/mol. The number of benzene rings is 1.